The summed E-state index contributed by atoms with van der Waals surface area (Å²) in [6.07, 6.45) is 5.11. The molecular weight excluding hydrogens is 224 g/mol. The molecule has 0 aromatic carbocycles. The van der Waals surface area contributed by atoms with Crippen LogP contribution in [0.5, 0.6) is 0 Å². The highest BCUT2D eigenvalue weighted by molar-refractivity contribution is 5.34. The minimum absolute atomic E-state index is 0.477. The Balaban J connectivity index is 1.86. The molecule has 1 N–H and O–H groups in total. The molecule has 0 spiro atoms. The molecule has 0 aliphatic heterocycles. The van der Waals surface area contributed by atoms with Gasteiger partial charge in [-0.3, -0.25) is 4.98 Å². The third-order valence-electron chi connectivity index (χ3n) is 3.56. The summed E-state index contributed by atoms with van der Waals surface area (Å²) in [5, 5.41) is 3.34. The van der Waals surface area contributed by atoms with Crippen molar-refractivity contribution in [1.29, 1.82) is 0 Å². The topological polar surface area (TPSA) is 41.1 Å². The molecular formula is C14H24N4. The third-order valence-corrected chi connectivity index (χ3v) is 3.56. The van der Waals surface area contributed by atoms with Crippen LogP contribution in [0.4, 0.5) is 5.82 Å². The van der Waals surface area contributed by atoms with Gasteiger partial charge in [-0.25, -0.2) is 4.98 Å². The van der Waals surface area contributed by atoms with Gasteiger partial charge in [-0.15, -0.1) is 0 Å². The predicted molar refractivity (Wildman–Crippen MR) is 74.5 cm³/mol. The summed E-state index contributed by atoms with van der Waals surface area (Å²) >= 11 is 0. The maximum atomic E-state index is 4.49. The normalized spacial score (nSPS) is 22.3. The standard InChI is InChI=1S/C14H24N4/c1-10(2)15-6-13-7-17-14(8-16-13)18(4)9-12-5-11(12)3/h7-8,10-12,15H,5-6,9H2,1-4H3. The van der Waals surface area contributed by atoms with Crippen LogP contribution < -0.4 is 10.2 Å². The maximum Gasteiger partial charge on any atom is 0.146 e. The van der Waals surface area contributed by atoms with Crippen LogP contribution in [0, 0.1) is 11.8 Å². The molecule has 0 amide bonds. The Kier molecular flexibility index (Phi) is 4.17. The molecule has 1 saturated carbocycles. The lowest BCUT2D eigenvalue weighted by atomic mass is 10.3. The average Bonchev–Trinajstić information content (AvgIpc) is 3.03. The Morgan fingerprint density at radius 1 is 1.39 bits per heavy atom. The van der Waals surface area contributed by atoms with Crippen LogP contribution in [0.25, 0.3) is 0 Å². The quantitative estimate of drug-likeness (QED) is 0.836. The maximum absolute atomic E-state index is 4.49. The number of rotatable bonds is 6. The first-order chi connectivity index (χ1) is 8.56. The summed E-state index contributed by atoms with van der Waals surface area (Å²) in [7, 11) is 2.10. The number of nitrogens with one attached hydrogen (secondary N) is 1. The van der Waals surface area contributed by atoms with E-state index in [4.69, 9.17) is 0 Å². The van der Waals surface area contributed by atoms with E-state index in [-0.39, 0.29) is 0 Å². The first-order valence-electron chi connectivity index (χ1n) is 6.81. The highest BCUT2D eigenvalue weighted by atomic mass is 15.2. The van der Waals surface area contributed by atoms with Crippen molar-refractivity contribution in [3.63, 3.8) is 0 Å². The minimum Gasteiger partial charge on any atom is -0.358 e. The number of nitrogens with zero attached hydrogens (tertiary/aromatic N) is 3. The van der Waals surface area contributed by atoms with Crippen LogP contribution in [-0.4, -0.2) is 29.6 Å². The van der Waals surface area contributed by atoms with Gasteiger partial charge in [-0.1, -0.05) is 20.8 Å². The molecule has 1 aromatic rings. The van der Waals surface area contributed by atoms with Crippen molar-refractivity contribution in [2.45, 2.75) is 39.8 Å². The Morgan fingerprint density at radius 2 is 2.11 bits per heavy atom. The fourth-order valence-corrected chi connectivity index (χ4v) is 2.04. The second-order valence-electron chi connectivity index (χ2n) is 5.76. The highest BCUT2D eigenvalue weighted by Gasteiger charge is 2.33. The van der Waals surface area contributed by atoms with Gasteiger partial charge < -0.3 is 10.2 Å². The van der Waals surface area contributed by atoms with Gasteiger partial charge >= 0.3 is 0 Å². The fourth-order valence-electron chi connectivity index (χ4n) is 2.04. The van der Waals surface area contributed by atoms with E-state index in [1.807, 2.05) is 12.4 Å². The molecule has 0 radical (unpaired) electrons. The molecule has 1 heterocycles. The molecule has 4 nitrogen and oxygen atoms in total. The largest absolute Gasteiger partial charge is 0.358 e. The van der Waals surface area contributed by atoms with Crippen LogP contribution >= 0.6 is 0 Å². The molecule has 18 heavy (non-hydrogen) atoms. The van der Waals surface area contributed by atoms with Crippen LogP contribution in [0.3, 0.4) is 0 Å². The molecule has 2 atom stereocenters. The molecule has 1 aromatic heterocycles. The van der Waals surface area contributed by atoms with E-state index in [9.17, 15) is 0 Å². The molecule has 1 aliphatic carbocycles. The molecule has 1 fully saturated rings. The number of hydrogen-bond donors (Lipinski definition) is 1. The van der Waals surface area contributed by atoms with Gasteiger partial charge in [0, 0.05) is 26.2 Å². The third kappa shape index (κ3) is 3.67. The van der Waals surface area contributed by atoms with Gasteiger partial charge in [-0.2, -0.15) is 0 Å². The Bertz CT molecular complexity index is 374. The molecule has 1 aliphatic rings. The Morgan fingerprint density at radius 3 is 2.61 bits per heavy atom. The van der Waals surface area contributed by atoms with Crippen molar-refractivity contribution in [3.8, 4) is 0 Å². The van der Waals surface area contributed by atoms with E-state index >= 15 is 0 Å². The molecule has 2 rings (SSSR count). The van der Waals surface area contributed by atoms with Crippen LogP contribution in [0.1, 0.15) is 32.9 Å². The zero-order valence-corrected chi connectivity index (χ0v) is 11.8. The second-order valence-corrected chi connectivity index (χ2v) is 5.76. The summed E-state index contributed by atoms with van der Waals surface area (Å²) < 4.78 is 0. The molecule has 0 saturated heterocycles. The SMILES string of the molecule is CC(C)NCc1cnc(N(C)CC2CC2C)cn1. The molecule has 4 heteroatoms. The van der Waals surface area contributed by atoms with Crippen LogP contribution in [-0.2, 0) is 6.54 Å². The van der Waals surface area contributed by atoms with Crippen molar-refractivity contribution >= 4 is 5.82 Å². The monoisotopic (exact) mass is 248 g/mol. The van der Waals surface area contributed by atoms with Gasteiger partial charge in [0.15, 0.2) is 0 Å². The number of hydrogen-bond acceptors (Lipinski definition) is 4. The van der Waals surface area contributed by atoms with E-state index < -0.39 is 0 Å². The average molecular weight is 248 g/mol. The first kappa shape index (κ1) is 13.3. The van der Waals surface area contributed by atoms with Gasteiger partial charge in [0.1, 0.15) is 5.82 Å². The molecule has 0 bridgehead atoms. The van der Waals surface area contributed by atoms with E-state index in [1.54, 1.807) is 0 Å². The summed E-state index contributed by atoms with van der Waals surface area (Å²) in [6, 6.07) is 0.477. The van der Waals surface area contributed by atoms with Gasteiger partial charge in [0.2, 0.25) is 0 Å². The highest BCUT2D eigenvalue weighted by Crippen LogP contribution is 2.38. The van der Waals surface area contributed by atoms with E-state index in [0.29, 0.717) is 6.04 Å². The van der Waals surface area contributed by atoms with Crippen molar-refractivity contribution in [3.05, 3.63) is 18.1 Å². The fraction of sp³-hybridized carbons (Fsp3) is 0.714. The first-order valence-corrected chi connectivity index (χ1v) is 6.81. The van der Waals surface area contributed by atoms with Gasteiger partial charge in [0.05, 0.1) is 18.1 Å². The molecule has 100 valence electrons. The van der Waals surface area contributed by atoms with Gasteiger partial charge in [0.25, 0.3) is 0 Å². The lowest BCUT2D eigenvalue weighted by Crippen LogP contribution is -2.24. The second kappa shape index (κ2) is 5.65. The van der Waals surface area contributed by atoms with Crippen molar-refractivity contribution in [2.24, 2.45) is 11.8 Å². The predicted octanol–water partition coefficient (Wildman–Crippen LogP) is 2.07. The summed E-state index contributed by atoms with van der Waals surface area (Å²) in [5.74, 6) is 2.71. The van der Waals surface area contributed by atoms with E-state index in [2.05, 4.69) is 48.0 Å². The Labute approximate surface area is 110 Å². The minimum atomic E-state index is 0.477. The lowest BCUT2D eigenvalue weighted by molar-refractivity contribution is 0.580. The van der Waals surface area contributed by atoms with Crippen LogP contribution in [0.2, 0.25) is 0 Å². The number of anilines is 1. The van der Waals surface area contributed by atoms with Crippen molar-refractivity contribution in [1.82, 2.24) is 15.3 Å². The Hall–Kier alpha value is -1.16. The summed E-state index contributed by atoms with van der Waals surface area (Å²) in [6.45, 7) is 8.46. The van der Waals surface area contributed by atoms with E-state index in [1.165, 1.54) is 6.42 Å². The molecule has 2 unspecified atom stereocenters. The smallest absolute Gasteiger partial charge is 0.146 e. The van der Waals surface area contributed by atoms with Crippen molar-refractivity contribution < 1.29 is 0 Å². The van der Waals surface area contributed by atoms with E-state index in [0.717, 1.165) is 36.4 Å². The van der Waals surface area contributed by atoms with Crippen LogP contribution in [0.15, 0.2) is 12.4 Å². The summed E-state index contributed by atoms with van der Waals surface area (Å²) in [4.78, 5) is 11.1. The zero-order chi connectivity index (χ0) is 13.1. The zero-order valence-electron chi connectivity index (χ0n) is 11.8. The lowest BCUT2D eigenvalue weighted by Gasteiger charge is -2.17. The van der Waals surface area contributed by atoms with Gasteiger partial charge in [-0.05, 0) is 18.3 Å². The van der Waals surface area contributed by atoms with Crippen molar-refractivity contribution in [2.75, 3.05) is 18.5 Å². The number of aromatic nitrogens is 2. The summed E-state index contributed by atoms with van der Waals surface area (Å²) in [5.41, 5.74) is 1.00.